The van der Waals surface area contributed by atoms with Crippen LogP contribution in [0.25, 0.3) is 0 Å². The summed E-state index contributed by atoms with van der Waals surface area (Å²) in [5, 5.41) is 8.67. The van der Waals surface area contributed by atoms with Crippen LogP contribution in [0.2, 0.25) is 0 Å². The molecular formula is C13H14N2O2S. The molecule has 0 unspecified atom stereocenters. The van der Waals surface area contributed by atoms with Gasteiger partial charge in [-0.25, -0.2) is 8.42 Å². The maximum Gasteiger partial charge on any atom is 0.243 e. The SMILES string of the molecule is C=CCN(CC=C)S(=O)(=O)c1ccc(C#N)cc1. The van der Waals surface area contributed by atoms with Crippen LogP contribution in [0.5, 0.6) is 0 Å². The number of hydrogen-bond donors (Lipinski definition) is 0. The Bertz CT molecular complexity index is 558. The Hall–Kier alpha value is -1.90. The van der Waals surface area contributed by atoms with Gasteiger partial charge in [0.15, 0.2) is 0 Å². The molecule has 0 N–H and O–H groups in total. The highest BCUT2D eigenvalue weighted by Gasteiger charge is 2.21. The third kappa shape index (κ3) is 3.06. The molecule has 0 fully saturated rings. The van der Waals surface area contributed by atoms with Crippen molar-refractivity contribution in [2.75, 3.05) is 13.1 Å². The van der Waals surface area contributed by atoms with Crippen molar-refractivity contribution < 1.29 is 8.42 Å². The van der Waals surface area contributed by atoms with Crippen LogP contribution in [0.4, 0.5) is 0 Å². The fraction of sp³-hybridized carbons (Fsp3) is 0.154. The molecule has 0 saturated heterocycles. The van der Waals surface area contributed by atoms with Gasteiger partial charge in [-0.15, -0.1) is 13.2 Å². The average Bonchev–Trinajstić information content (AvgIpc) is 2.38. The predicted molar refractivity (Wildman–Crippen MR) is 70.3 cm³/mol. The first-order valence-corrected chi connectivity index (χ1v) is 6.72. The first-order valence-electron chi connectivity index (χ1n) is 5.28. The molecule has 0 spiro atoms. The van der Waals surface area contributed by atoms with E-state index >= 15 is 0 Å². The van der Waals surface area contributed by atoms with Gasteiger partial charge in [-0.05, 0) is 24.3 Å². The fourth-order valence-electron chi connectivity index (χ4n) is 1.41. The number of nitrogens with zero attached hydrogens (tertiary/aromatic N) is 2. The molecule has 0 aliphatic heterocycles. The molecule has 0 atom stereocenters. The highest BCUT2D eigenvalue weighted by molar-refractivity contribution is 7.89. The lowest BCUT2D eigenvalue weighted by Gasteiger charge is -2.18. The van der Waals surface area contributed by atoms with Crippen LogP contribution in [0.15, 0.2) is 54.5 Å². The summed E-state index contributed by atoms with van der Waals surface area (Å²) in [4.78, 5) is 0.158. The Morgan fingerprint density at radius 2 is 1.67 bits per heavy atom. The van der Waals surface area contributed by atoms with E-state index in [2.05, 4.69) is 13.2 Å². The molecule has 0 saturated carbocycles. The predicted octanol–water partition coefficient (Wildman–Crippen LogP) is 1.92. The van der Waals surface area contributed by atoms with E-state index in [1.54, 1.807) is 0 Å². The third-order valence-corrected chi connectivity index (χ3v) is 4.13. The summed E-state index contributed by atoms with van der Waals surface area (Å²) in [7, 11) is -3.57. The maximum absolute atomic E-state index is 12.3. The summed E-state index contributed by atoms with van der Waals surface area (Å²) in [6, 6.07) is 7.75. The minimum Gasteiger partial charge on any atom is -0.207 e. The van der Waals surface area contributed by atoms with Crippen molar-refractivity contribution in [2.24, 2.45) is 0 Å². The summed E-state index contributed by atoms with van der Waals surface area (Å²) in [6.45, 7) is 7.50. The van der Waals surface area contributed by atoms with E-state index in [1.165, 1.54) is 40.7 Å². The highest BCUT2D eigenvalue weighted by atomic mass is 32.2. The zero-order valence-electron chi connectivity index (χ0n) is 9.91. The molecule has 0 radical (unpaired) electrons. The molecule has 0 aromatic heterocycles. The van der Waals surface area contributed by atoms with Crippen molar-refractivity contribution in [1.29, 1.82) is 5.26 Å². The Balaban J connectivity index is 3.13. The van der Waals surface area contributed by atoms with E-state index in [-0.39, 0.29) is 18.0 Å². The second kappa shape index (κ2) is 6.15. The van der Waals surface area contributed by atoms with Crippen LogP contribution >= 0.6 is 0 Å². The van der Waals surface area contributed by atoms with Gasteiger partial charge in [-0.3, -0.25) is 0 Å². The Kier molecular flexibility index (Phi) is 4.84. The van der Waals surface area contributed by atoms with Crippen molar-refractivity contribution >= 4 is 10.0 Å². The van der Waals surface area contributed by atoms with Gasteiger partial charge in [0.25, 0.3) is 0 Å². The molecule has 5 heteroatoms. The summed E-state index contributed by atoms with van der Waals surface area (Å²) >= 11 is 0. The monoisotopic (exact) mass is 262 g/mol. The normalized spacial score (nSPS) is 10.9. The van der Waals surface area contributed by atoms with Gasteiger partial charge in [0, 0.05) is 13.1 Å². The first kappa shape index (κ1) is 14.2. The van der Waals surface area contributed by atoms with Crippen LogP contribution in [-0.2, 0) is 10.0 Å². The van der Waals surface area contributed by atoms with Crippen molar-refractivity contribution in [2.45, 2.75) is 4.90 Å². The third-order valence-electron chi connectivity index (χ3n) is 2.29. The number of sulfonamides is 1. The van der Waals surface area contributed by atoms with Crippen molar-refractivity contribution in [3.05, 3.63) is 55.1 Å². The minimum absolute atomic E-state index is 0.158. The standard InChI is InChI=1S/C13H14N2O2S/c1-3-9-15(10-4-2)18(16,17)13-7-5-12(11-14)6-8-13/h3-8H,1-2,9-10H2. The molecule has 1 aromatic carbocycles. The van der Waals surface area contributed by atoms with Crippen LogP contribution < -0.4 is 0 Å². The number of nitriles is 1. The average molecular weight is 262 g/mol. The van der Waals surface area contributed by atoms with Crippen molar-refractivity contribution in [3.8, 4) is 6.07 Å². The molecule has 1 aromatic rings. The van der Waals surface area contributed by atoms with Gasteiger partial charge in [-0.1, -0.05) is 12.2 Å². The maximum atomic E-state index is 12.3. The largest absolute Gasteiger partial charge is 0.243 e. The molecular weight excluding hydrogens is 248 g/mol. The molecule has 0 aliphatic carbocycles. The van der Waals surface area contributed by atoms with E-state index in [9.17, 15) is 8.42 Å². The zero-order chi connectivity index (χ0) is 13.6. The zero-order valence-corrected chi connectivity index (χ0v) is 10.7. The summed E-state index contributed by atoms with van der Waals surface area (Å²) in [5.74, 6) is 0. The van der Waals surface area contributed by atoms with Gasteiger partial charge in [0.2, 0.25) is 10.0 Å². The van der Waals surface area contributed by atoms with E-state index in [1.807, 2.05) is 6.07 Å². The number of rotatable bonds is 6. The molecule has 0 aliphatic rings. The van der Waals surface area contributed by atoms with Gasteiger partial charge >= 0.3 is 0 Å². The fourth-order valence-corrected chi connectivity index (χ4v) is 2.79. The molecule has 0 amide bonds. The lowest BCUT2D eigenvalue weighted by molar-refractivity contribution is 0.474. The quantitative estimate of drug-likeness (QED) is 0.736. The highest BCUT2D eigenvalue weighted by Crippen LogP contribution is 2.16. The Labute approximate surface area is 108 Å². The van der Waals surface area contributed by atoms with Gasteiger partial charge in [0.05, 0.1) is 16.5 Å². The lowest BCUT2D eigenvalue weighted by Crippen LogP contribution is -2.31. The second-order valence-corrected chi connectivity index (χ2v) is 5.47. The number of benzene rings is 1. The summed E-state index contributed by atoms with van der Waals surface area (Å²) < 4.78 is 25.8. The smallest absolute Gasteiger partial charge is 0.207 e. The van der Waals surface area contributed by atoms with Crippen LogP contribution in [0, 0.1) is 11.3 Å². The molecule has 18 heavy (non-hydrogen) atoms. The Morgan fingerprint density at radius 1 is 1.17 bits per heavy atom. The lowest BCUT2D eigenvalue weighted by atomic mass is 10.2. The van der Waals surface area contributed by atoms with Crippen LogP contribution in [0.3, 0.4) is 0 Å². The second-order valence-electron chi connectivity index (χ2n) is 3.54. The van der Waals surface area contributed by atoms with Crippen molar-refractivity contribution in [1.82, 2.24) is 4.31 Å². The van der Waals surface area contributed by atoms with Gasteiger partial charge in [0.1, 0.15) is 0 Å². The molecule has 1 rings (SSSR count). The van der Waals surface area contributed by atoms with Gasteiger partial charge in [-0.2, -0.15) is 9.57 Å². The molecule has 0 heterocycles. The first-order chi connectivity index (χ1) is 8.56. The molecule has 94 valence electrons. The topological polar surface area (TPSA) is 61.2 Å². The van der Waals surface area contributed by atoms with E-state index in [0.29, 0.717) is 5.56 Å². The van der Waals surface area contributed by atoms with Crippen LogP contribution in [-0.4, -0.2) is 25.8 Å². The number of hydrogen-bond acceptors (Lipinski definition) is 3. The van der Waals surface area contributed by atoms with E-state index < -0.39 is 10.0 Å². The molecule has 4 nitrogen and oxygen atoms in total. The minimum atomic E-state index is -3.57. The van der Waals surface area contributed by atoms with E-state index in [0.717, 1.165) is 0 Å². The van der Waals surface area contributed by atoms with Crippen LogP contribution in [0.1, 0.15) is 5.56 Å². The molecule has 0 bridgehead atoms. The summed E-state index contributed by atoms with van der Waals surface area (Å²) in [5.41, 5.74) is 0.424. The van der Waals surface area contributed by atoms with E-state index in [4.69, 9.17) is 5.26 Å². The summed E-state index contributed by atoms with van der Waals surface area (Å²) in [6.07, 6.45) is 3.04. The Morgan fingerprint density at radius 3 is 2.06 bits per heavy atom. The van der Waals surface area contributed by atoms with Gasteiger partial charge < -0.3 is 0 Å². The van der Waals surface area contributed by atoms with Crippen molar-refractivity contribution in [3.63, 3.8) is 0 Å².